The zero-order valence-electron chi connectivity index (χ0n) is 14.8. The molecule has 0 aliphatic carbocycles. The van der Waals surface area contributed by atoms with Crippen molar-refractivity contribution in [1.29, 1.82) is 0 Å². The molecular weight excluding hydrogens is 278 g/mol. The topological polar surface area (TPSA) is 50.7 Å². The Bertz CT molecular complexity index is 454. The summed E-state index contributed by atoms with van der Waals surface area (Å²) in [6.07, 6.45) is -0.541. The zero-order valence-corrected chi connectivity index (χ0v) is 14.8. The Labute approximate surface area is 134 Å². The first kappa shape index (κ1) is 18.9. The number of aliphatic hydroxyl groups excluding tert-OH is 1. The maximum absolute atomic E-state index is 9.97. The van der Waals surface area contributed by atoms with E-state index in [-0.39, 0.29) is 18.1 Å². The van der Waals surface area contributed by atoms with Crippen molar-refractivity contribution >= 4 is 0 Å². The lowest BCUT2D eigenvalue weighted by molar-refractivity contribution is 0.0970. The fourth-order valence-corrected chi connectivity index (χ4v) is 2.17. The summed E-state index contributed by atoms with van der Waals surface area (Å²) < 4.78 is 10.8. The molecule has 1 aromatic rings. The number of rotatable bonds is 8. The SMILES string of the molecule is COC[C@@H](C)NC[C@@H](O)COc1ccc(C(C)(C)C)cc1C. The number of hydrogen-bond donors (Lipinski definition) is 2. The van der Waals surface area contributed by atoms with E-state index in [1.165, 1.54) is 5.56 Å². The molecule has 0 bridgehead atoms. The van der Waals surface area contributed by atoms with Gasteiger partial charge in [0.1, 0.15) is 18.5 Å². The van der Waals surface area contributed by atoms with E-state index in [9.17, 15) is 5.11 Å². The molecule has 0 radical (unpaired) electrons. The number of aryl methyl sites for hydroxylation is 1. The van der Waals surface area contributed by atoms with Gasteiger partial charge in [-0.05, 0) is 36.5 Å². The third kappa shape index (κ3) is 6.34. The molecule has 2 atom stereocenters. The van der Waals surface area contributed by atoms with E-state index in [0.29, 0.717) is 13.2 Å². The Balaban J connectivity index is 2.47. The van der Waals surface area contributed by atoms with Gasteiger partial charge in [-0.25, -0.2) is 0 Å². The fraction of sp³-hybridized carbons (Fsp3) is 0.667. The molecule has 0 unspecified atom stereocenters. The second-order valence-corrected chi connectivity index (χ2v) is 6.96. The summed E-state index contributed by atoms with van der Waals surface area (Å²) in [7, 11) is 1.67. The molecule has 4 nitrogen and oxygen atoms in total. The van der Waals surface area contributed by atoms with Crippen molar-refractivity contribution in [2.24, 2.45) is 0 Å². The van der Waals surface area contributed by atoms with Crippen LogP contribution in [-0.4, -0.2) is 44.1 Å². The molecule has 2 N–H and O–H groups in total. The second-order valence-electron chi connectivity index (χ2n) is 6.96. The Morgan fingerprint density at radius 2 is 1.91 bits per heavy atom. The largest absolute Gasteiger partial charge is 0.491 e. The van der Waals surface area contributed by atoms with E-state index >= 15 is 0 Å². The summed E-state index contributed by atoms with van der Waals surface area (Å²) in [4.78, 5) is 0. The van der Waals surface area contributed by atoms with Gasteiger partial charge in [0.2, 0.25) is 0 Å². The molecule has 0 aliphatic rings. The van der Waals surface area contributed by atoms with Crippen LogP contribution in [0.1, 0.15) is 38.8 Å². The third-order valence-electron chi connectivity index (χ3n) is 3.59. The average Bonchev–Trinajstić information content (AvgIpc) is 2.43. The van der Waals surface area contributed by atoms with Gasteiger partial charge in [0.05, 0.1) is 6.61 Å². The van der Waals surface area contributed by atoms with Crippen LogP contribution in [0.2, 0.25) is 0 Å². The Morgan fingerprint density at radius 1 is 1.23 bits per heavy atom. The van der Waals surface area contributed by atoms with Crippen LogP contribution in [0.25, 0.3) is 0 Å². The van der Waals surface area contributed by atoms with Gasteiger partial charge < -0.3 is 19.9 Å². The Hall–Kier alpha value is -1.10. The van der Waals surface area contributed by atoms with E-state index in [2.05, 4.69) is 38.2 Å². The number of nitrogens with one attached hydrogen (secondary N) is 1. The van der Waals surface area contributed by atoms with Gasteiger partial charge in [-0.15, -0.1) is 0 Å². The molecule has 0 amide bonds. The standard InChI is InChI=1S/C18H31NO3/c1-13-9-15(18(3,4)5)7-8-17(13)22-12-16(20)10-19-14(2)11-21-6/h7-9,14,16,19-20H,10-12H2,1-6H3/t14-,16-/m1/s1. The number of ether oxygens (including phenoxy) is 2. The van der Waals surface area contributed by atoms with Gasteiger partial charge in [-0.1, -0.05) is 32.9 Å². The molecular formula is C18H31NO3. The zero-order chi connectivity index (χ0) is 16.8. The summed E-state index contributed by atoms with van der Waals surface area (Å²) in [5.41, 5.74) is 2.51. The van der Waals surface area contributed by atoms with E-state index in [1.54, 1.807) is 7.11 Å². The molecule has 126 valence electrons. The van der Waals surface area contributed by atoms with Crippen molar-refractivity contribution in [3.8, 4) is 5.75 Å². The van der Waals surface area contributed by atoms with Crippen molar-refractivity contribution in [2.45, 2.75) is 52.2 Å². The van der Waals surface area contributed by atoms with Crippen molar-refractivity contribution in [3.63, 3.8) is 0 Å². The molecule has 0 aliphatic heterocycles. The highest BCUT2D eigenvalue weighted by Gasteiger charge is 2.15. The average molecular weight is 309 g/mol. The molecule has 22 heavy (non-hydrogen) atoms. The lowest BCUT2D eigenvalue weighted by Gasteiger charge is -2.21. The fourth-order valence-electron chi connectivity index (χ4n) is 2.17. The van der Waals surface area contributed by atoms with Crippen LogP contribution in [0.15, 0.2) is 18.2 Å². The van der Waals surface area contributed by atoms with E-state index in [0.717, 1.165) is 11.3 Å². The van der Waals surface area contributed by atoms with Crippen molar-refractivity contribution in [3.05, 3.63) is 29.3 Å². The van der Waals surface area contributed by atoms with Gasteiger partial charge in [-0.2, -0.15) is 0 Å². The molecule has 0 spiro atoms. The first-order chi connectivity index (χ1) is 10.2. The van der Waals surface area contributed by atoms with Gasteiger partial charge in [0.15, 0.2) is 0 Å². The lowest BCUT2D eigenvalue weighted by atomic mass is 9.86. The van der Waals surface area contributed by atoms with Crippen molar-refractivity contribution in [1.82, 2.24) is 5.32 Å². The summed E-state index contributed by atoms with van der Waals surface area (Å²) >= 11 is 0. The van der Waals surface area contributed by atoms with Gasteiger partial charge >= 0.3 is 0 Å². The van der Waals surface area contributed by atoms with Crippen LogP contribution >= 0.6 is 0 Å². The quantitative estimate of drug-likeness (QED) is 0.775. The van der Waals surface area contributed by atoms with Crippen LogP contribution in [0.4, 0.5) is 0 Å². The summed E-state index contributed by atoms with van der Waals surface area (Å²) in [6, 6.07) is 6.45. The minimum Gasteiger partial charge on any atom is -0.491 e. The van der Waals surface area contributed by atoms with Crippen LogP contribution in [0.5, 0.6) is 5.75 Å². The maximum atomic E-state index is 9.97. The summed E-state index contributed by atoms with van der Waals surface area (Å²) in [5.74, 6) is 0.831. The first-order valence-electron chi connectivity index (χ1n) is 7.88. The predicted molar refractivity (Wildman–Crippen MR) is 90.7 cm³/mol. The van der Waals surface area contributed by atoms with Gasteiger partial charge in [0, 0.05) is 19.7 Å². The highest BCUT2D eigenvalue weighted by Crippen LogP contribution is 2.27. The molecule has 1 aromatic carbocycles. The van der Waals surface area contributed by atoms with E-state index in [4.69, 9.17) is 9.47 Å². The van der Waals surface area contributed by atoms with Crippen LogP contribution < -0.4 is 10.1 Å². The van der Waals surface area contributed by atoms with Crippen molar-refractivity contribution < 1.29 is 14.6 Å². The normalized spacial score (nSPS) is 14.7. The van der Waals surface area contributed by atoms with Crippen LogP contribution in [0, 0.1) is 6.92 Å². The smallest absolute Gasteiger partial charge is 0.122 e. The van der Waals surface area contributed by atoms with Crippen molar-refractivity contribution in [2.75, 3.05) is 26.9 Å². The minimum atomic E-state index is -0.541. The molecule has 1 rings (SSSR count). The summed E-state index contributed by atoms with van der Waals surface area (Å²) in [6.45, 7) is 12.0. The van der Waals surface area contributed by atoms with E-state index < -0.39 is 6.10 Å². The first-order valence-corrected chi connectivity index (χ1v) is 7.88. The number of methoxy groups -OCH3 is 1. The maximum Gasteiger partial charge on any atom is 0.122 e. The Kier molecular flexibility index (Phi) is 7.33. The van der Waals surface area contributed by atoms with Gasteiger partial charge in [0.25, 0.3) is 0 Å². The van der Waals surface area contributed by atoms with Crippen LogP contribution in [-0.2, 0) is 10.2 Å². The third-order valence-corrected chi connectivity index (χ3v) is 3.59. The Morgan fingerprint density at radius 3 is 2.45 bits per heavy atom. The number of aliphatic hydroxyl groups is 1. The second kappa shape index (κ2) is 8.51. The van der Waals surface area contributed by atoms with Crippen LogP contribution in [0.3, 0.4) is 0 Å². The minimum absolute atomic E-state index is 0.129. The molecule has 0 heterocycles. The molecule has 0 fully saturated rings. The number of hydrogen-bond acceptors (Lipinski definition) is 4. The molecule has 0 aromatic heterocycles. The molecule has 0 saturated carbocycles. The molecule has 4 heteroatoms. The monoisotopic (exact) mass is 309 g/mol. The molecule has 0 saturated heterocycles. The highest BCUT2D eigenvalue weighted by molar-refractivity contribution is 5.38. The predicted octanol–water partition coefficient (Wildman–Crippen LogP) is 2.66. The number of benzene rings is 1. The van der Waals surface area contributed by atoms with Gasteiger partial charge in [-0.3, -0.25) is 0 Å². The highest BCUT2D eigenvalue weighted by atomic mass is 16.5. The summed E-state index contributed by atoms with van der Waals surface area (Å²) in [5, 5.41) is 13.2. The van der Waals surface area contributed by atoms with E-state index in [1.807, 2.05) is 19.9 Å². The lowest BCUT2D eigenvalue weighted by Crippen LogP contribution is -2.38.